The van der Waals surface area contributed by atoms with E-state index in [0.717, 1.165) is 50.0 Å². The maximum atomic E-state index is 12.6. The van der Waals surface area contributed by atoms with Crippen LogP contribution >= 0.6 is 0 Å². The van der Waals surface area contributed by atoms with Gasteiger partial charge >= 0.3 is 6.18 Å². The molecule has 2 aromatic carbocycles. The van der Waals surface area contributed by atoms with Crippen LogP contribution in [0.4, 0.5) is 13.2 Å². The maximum Gasteiger partial charge on any atom is 0.416 e. The lowest BCUT2D eigenvalue weighted by Crippen LogP contribution is -2.41. The van der Waals surface area contributed by atoms with Gasteiger partial charge in [0.2, 0.25) is 0 Å². The van der Waals surface area contributed by atoms with Gasteiger partial charge in [-0.3, -0.25) is 4.79 Å². The van der Waals surface area contributed by atoms with Crippen molar-refractivity contribution in [3.8, 4) is 5.75 Å². The summed E-state index contributed by atoms with van der Waals surface area (Å²) in [6.07, 6.45) is 3.58. The Balaban J connectivity index is 1.11. The molecular formula is C26H29F3N2O3. The van der Waals surface area contributed by atoms with E-state index in [9.17, 15) is 18.0 Å². The van der Waals surface area contributed by atoms with Crippen LogP contribution in [0.15, 0.2) is 53.7 Å². The van der Waals surface area contributed by atoms with Crippen LogP contribution in [0, 0.1) is 5.41 Å². The number of likely N-dealkylation sites (tertiary alicyclic amines) is 1. The third-order valence-corrected chi connectivity index (χ3v) is 6.64. The largest absolute Gasteiger partial charge is 0.484 e. The van der Waals surface area contributed by atoms with Gasteiger partial charge in [-0.05, 0) is 79.3 Å². The van der Waals surface area contributed by atoms with Crippen molar-refractivity contribution in [1.29, 1.82) is 0 Å². The van der Waals surface area contributed by atoms with E-state index in [1.807, 2.05) is 29.2 Å². The Kier molecular flexibility index (Phi) is 7.44. The molecule has 0 bridgehead atoms. The van der Waals surface area contributed by atoms with E-state index in [2.05, 4.69) is 5.16 Å². The van der Waals surface area contributed by atoms with Gasteiger partial charge in [-0.2, -0.15) is 13.2 Å². The van der Waals surface area contributed by atoms with Crippen LogP contribution in [0.3, 0.4) is 0 Å². The van der Waals surface area contributed by atoms with E-state index < -0.39 is 11.7 Å². The molecule has 1 aliphatic carbocycles. The molecule has 0 radical (unpaired) electrons. The Morgan fingerprint density at radius 3 is 2.24 bits per heavy atom. The SMILES string of the molecule is O=C(COc1ccc(CCC=NOCc2ccc(C(F)(F)F)cc2)cc1)N1CCC2(CC1)CC2. The van der Waals surface area contributed by atoms with Gasteiger partial charge in [-0.1, -0.05) is 29.4 Å². The summed E-state index contributed by atoms with van der Waals surface area (Å²) in [5.41, 5.74) is 1.58. The summed E-state index contributed by atoms with van der Waals surface area (Å²) >= 11 is 0. The normalized spacial score (nSPS) is 17.2. The first kappa shape index (κ1) is 24.1. The van der Waals surface area contributed by atoms with E-state index >= 15 is 0 Å². The third-order valence-electron chi connectivity index (χ3n) is 6.64. The van der Waals surface area contributed by atoms with Crippen molar-refractivity contribution in [2.24, 2.45) is 10.6 Å². The van der Waals surface area contributed by atoms with E-state index in [4.69, 9.17) is 9.57 Å². The first-order valence-corrected chi connectivity index (χ1v) is 11.6. The second-order valence-electron chi connectivity index (χ2n) is 9.11. The van der Waals surface area contributed by atoms with Crippen LogP contribution < -0.4 is 4.74 Å². The molecule has 2 aliphatic rings. The Morgan fingerprint density at radius 2 is 1.62 bits per heavy atom. The summed E-state index contributed by atoms with van der Waals surface area (Å²) in [5.74, 6) is 0.716. The Labute approximate surface area is 197 Å². The molecule has 0 N–H and O–H groups in total. The number of rotatable bonds is 9. The number of halogens is 3. The van der Waals surface area contributed by atoms with E-state index in [0.29, 0.717) is 23.1 Å². The van der Waals surface area contributed by atoms with Gasteiger partial charge in [0, 0.05) is 19.3 Å². The molecule has 182 valence electrons. The Bertz CT molecular complexity index is 974. The van der Waals surface area contributed by atoms with Crippen molar-refractivity contribution in [3.05, 3.63) is 65.2 Å². The van der Waals surface area contributed by atoms with Gasteiger partial charge in [-0.15, -0.1) is 0 Å². The fourth-order valence-corrected chi connectivity index (χ4v) is 4.13. The summed E-state index contributed by atoms with van der Waals surface area (Å²) in [6, 6.07) is 12.4. The number of hydrogen-bond donors (Lipinski definition) is 0. The predicted octanol–water partition coefficient (Wildman–Crippen LogP) is 5.62. The summed E-state index contributed by atoms with van der Waals surface area (Å²) in [4.78, 5) is 19.4. The molecule has 8 heteroatoms. The number of aryl methyl sites for hydroxylation is 1. The summed E-state index contributed by atoms with van der Waals surface area (Å²) in [7, 11) is 0. The van der Waals surface area contributed by atoms with Crippen LogP contribution in [-0.2, 0) is 28.8 Å². The van der Waals surface area contributed by atoms with Crippen LogP contribution in [0.2, 0.25) is 0 Å². The minimum Gasteiger partial charge on any atom is -0.484 e. The molecule has 1 spiro atoms. The smallest absolute Gasteiger partial charge is 0.416 e. The average Bonchev–Trinajstić information content (AvgIpc) is 3.59. The van der Waals surface area contributed by atoms with Gasteiger partial charge in [-0.25, -0.2) is 0 Å². The lowest BCUT2D eigenvalue weighted by Gasteiger charge is -2.32. The van der Waals surface area contributed by atoms with Gasteiger partial charge < -0.3 is 14.5 Å². The Morgan fingerprint density at radius 1 is 0.971 bits per heavy atom. The molecular weight excluding hydrogens is 445 g/mol. The average molecular weight is 475 g/mol. The van der Waals surface area contributed by atoms with Crippen molar-refractivity contribution in [2.45, 2.75) is 51.3 Å². The standard InChI is InChI=1S/C26H29F3N2O3/c27-26(28,29)22-7-3-21(4-8-22)18-34-30-15-1-2-20-5-9-23(10-6-20)33-19-24(32)31-16-13-25(11-12-25)14-17-31/h3-10,15H,1-2,11-14,16-19H2. The fourth-order valence-electron chi connectivity index (χ4n) is 4.13. The number of carbonyl (C=O) groups is 1. The van der Waals surface area contributed by atoms with Gasteiger partial charge in [0.25, 0.3) is 5.91 Å². The summed E-state index contributed by atoms with van der Waals surface area (Å²) in [5, 5.41) is 3.86. The van der Waals surface area contributed by atoms with Crippen LogP contribution in [0.25, 0.3) is 0 Å². The van der Waals surface area contributed by atoms with Crippen LogP contribution in [-0.4, -0.2) is 36.7 Å². The van der Waals surface area contributed by atoms with E-state index in [-0.39, 0.29) is 19.1 Å². The number of piperidine rings is 1. The monoisotopic (exact) mass is 474 g/mol. The molecule has 2 aromatic rings. The number of alkyl halides is 3. The zero-order valence-electron chi connectivity index (χ0n) is 19.0. The zero-order chi connectivity index (χ0) is 24.0. The molecule has 2 fully saturated rings. The van der Waals surface area contributed by atoms with Gasteiger partial charge in [0.1, 0.15) is 12.4 Å². The van der Waals surface area contributed by atoms with Gasteiger partial charge in [0.15, 0.2) is 6.61 Å². The Hall–Kier alpha value is -3.03. The molecule has 0 atom stereocenters. The lowest BCUT2D eigenvalue weighted by atomic mass is 9.94. The molecule has 1 heterocycles. The summed E-state index contributed by atoms with van der Waals surface area (Å²) in [6.45, 7) is 1.86. The van der Waals surface area contributed by atoms with Crippen molar-refractivity contribution < 1.29 is 27.5 Å². The minimum absolute atomic E-state index is 0.0482. The zero-order valence-corrected chi connectivity index (χ0v) is 19.0. The third kappa shape index (κ3) is 6.74. The van der Waals surface area contributed by atoms with Crippen LogP contribution in [0.1, 0.15) is 48.8 Å². The number of ether oxygens (including phenoxy) is 1. The highest BCUT2D eigenvalue weighted by atomic mass is 19.4. The van der Waals surface area contributed by atoms with Crippen molar-refractivity contribution >= 4 is 12.1 Å². The van der Waals surface area contributed by atoms with Crippen molar-refractivity contribution in [1.82, 2.24) is 4.90 Å². The van der Waals surface area contributed by atoms with Crippen molar-refractivity contribution in [3.63, 3.8) is 0 Å². The predicted molar refractivity (Wildman–Crippen MR) is 122 cm³/mol. The quantitative estimate of drug-likeness (QED) is 0.350. The molecule has 0 unspecified atom stereocenters. The number of carbonyl (C=O) groups excluding carboxylic acids is 1. The highest BCUT2D eigenvalue weighted by molar-refractivity contribution is 5.77. The van der Waals surface area contributed by atoms with Crippen molar-refractivity contribution in [2.75, 3.05) is 19.7 Å². The second-order valence-corrected chi connectivity index (χ2v) is 9.11. The number of amides is 1. The molecule has 1 aliphatic heterocycles. The molecule has 1 saturated carbocycles. The second kappa shape index (κ2) is 10.5. The lowest BCUT2D eigenvalue weighted by molar-refractivity contribution is -0.137. The number of benzene rings is 2. The molecule has 5 nitrogen and oxygen atoms in total. The van der Waals surface area contributed by atoms with E-state index in [1.165, 1.54) is 25.0 Å². The van der Waals surface area contributed by atoms with Crippen LogP contribution in [0.5, 0.6) is 5.75 Å². The van der Waals surface area contributed by atoms with E-state index in [1.54, 1.807) is 6.21 Å². The molecule has 0 aromatic heterocycles. The molecule has 1 saturated heterocycles. The fraction of sp³-hybridized carbons (Fsp3) is 0.462. The number of oxime groups is 1. The maximum absolute atomic E-state index is 12.6. The highest BCUT2D eigenvalue weighted by Crippen LogP contribution is 2.53. The first-order chi connectivity index (χ1) is 16.3. The van der Waals surface area contributed by atoms with Gasteiger partial charge in [0.05, 0.1) is 5.56 Å². The summed E-state index contributed by atoms with van der Waals surface area (Å²) < 4.78 is 43.3. The molecule has 34 heavy (non-hydrogen) atoms. The first-order valence-electron chi connectivity index (χ1n) is 11.6. The molecule has 4 rings (SSSR count). The minimum atomic E-state index is -4.34. The topological polar surface area (TPSA) is 51.1 Å². The highest BCUT2D eigenvalue weighted by Gasteiger charge is 2.45. The molecule has 1 amide bonds. The number of nitrogens with zero attached hydrogens (tertiary/aromatic N) is 2. The number of hydrogen-bond acceptors (Lipinski definition) is 4.